The SMILES string of the molecule is C=CCCCC1C[C@@H](O)C[C@](O)([C@@H]2CSC(=O)N2Cc2ccc(OC)cc2)O1. The fraction of sp³-hybridized carbons (Fsp3) is 0.571. The van der Waals surface area contributed by atoms with E-state index in [2.05, 4.69) is 6.58 Å². The van der Waals surface area contributed by atoms with E-state index in [9.17, 15) is 15.0 Å². The number of allylic oxidation sites excluding steroid dienone is 1. The van der Waals surface area contributed by atoms with Gasteiger partial charge in [-0.15, -0.1) is 6.58 Å². The molecule has 0 aromatic heterocycles. The summed E-state index contributed by atoms with van der Waals surface area (Å²) in [7, 11) is 1.61. The van der Waals surface area contributed by atoms with Gasteiger partial charge in [0.05, 0.1) is 25.4 Å². The zero-order chi connectivity index (χ0) is 20.1. The molecular weight excluding hydrogens is 378 g/mol. The Hall–Kier alpha value is -1.54. The summed E-state index contributed by atoms with van der Waals surface area (Å²) in [6.45, 7) is 4.10. The van der Waals surface area contributed by atoms with E-state index in [1.807, 2.05) is 30.3 Å². The monoisotopic (exact) mass is 407 g/mol. The number of carbonyl (C=O) groups excluding carboxylic acids is 1. The van der Waals surface area contributed by atoms with Gasteiger partial charge in [0, 0.05) is 18.7 Å². The molecule has 3 rings (SSSR count). The molecule has 2 saturated heterocycles. The number of nitrogens with zero attached hydrogens (tertiary/aromatic N) is 1. The Morgan fingerprint density at radius 1 is 1.43 bits per heavy atom. The first-order valence-corrected chi connectivity index (χ1v) is 10.7. The molecule has 2 N–H and O–H groups in total. The molecule has 28 heavy (non-hydrogen) atoms. The molecule has 1 aromatic carbocycles. The van der Waals surface area contributed by atoms with Gasteiger partial charge >= 0.3 is 0 Å². The van der Waals surface area contributed by atoms with E-state index < -0.39 is 17.9 Å². The molecule has 4 atom stereocenters. The number of carbonyl (C=O) groups is 1. The van der Waals surface area contributed by atoms with Gasteiger partial charge in [0.25, 0.3) is 5.24 Å². The summed E-state index contributed by atoms with van der Waals surface area (Å²) in [6.07, 6.45) is 4.12. The zero-order valence-corrected chi connectivity index (χ0v) is 17.1. The van der Waals surface area contributed by atoms with Crippen LogP contribution in [0.25, 0.3) is 0 Å². The summed E-state index contributed by atoms with van der Waals surface area (Å²) in [4.78, 5) is 14.2. The van der Waals surface area contributed by atoms with Crippen molar-refractivity contribution in [2.45, 2.75) is 62.7 Å². The first-order chi connectivity index (χ1) is 13.4. The summed E-state index contributed by atoms with van der Waals surface area (Å²) in [5, 5.41) is 21.6. The lowest BCUT2D eigenvalue weighted by atomic mass is 9.91. The van der Waals surface area contributed by atoms with Crippen molar-refractivity contribution in [3.05, 3.63) is 42.5 Å². The average Bonchev–Trinajstić information content (AvgIpc) is 3.03. The fourth-order valence-electron chi connectivity index (χ4n) is 3.92. The largest absolute Gasteiger partial charge is 0.497 e. The van der Waals surface area contributed by atoms with Crippen LogP contribution in [0.4, 0.5) is 4.79 Å². The standard InChI is InChI=1S/C21H29NO5S/c1-3-4-5-6-18-11-16(23)12-21(25,27-18)19-14-28-20(24)22(19)13-15-7-9-17(26-2)10-8-15/h3,7-10,16,18-19,23,25H,1,4-6,11-14H2,2H3/t16-,18?,19+,21-/m1/s1. The van der Waals surface area contributed by atoms with E-state index in [0.717, 1.165) is 30.6 Å². The maximum atomic E-state index is 12.5. The third-order valence-corrected chi connectivity index (χ3v) is 6.34. The number of amides is 1. The summed E-state index contributed by atoms with van der Waals surface area (Å²) in [6, 6.07) is 7.02. The minimum absolute atomic E-state index is 0.0823. The molecule has 2 aliphatic rings. The topological polar surface area (TPSA) is 79.2 Å². The Labute approximate surface area is 170 Å². The molecule has 2 heterocycles. The Balaban J connectivity index is 1.72. The normalized spacial score (nSPS) is 30.5. The first kappa shape index (κ1) is 21.2. The van der Waals surface area contributed by atoms with Crippen LogP contribution in [0.1, 0.15) is 37.7 Å². The Morgan fingerprint density at radius 2 is 2.18 bits per heavy atom. The first-order valence-electron chi connectivity index (χ1n) is 9.70. The van der Waals surface area contributed by atoms with Gasteiger partial charge in [-0.2, -0.15) is 0 Å². The maximum absolute atomic E-state index is 12.5. The highest BCUT2D eigenvalue weighted by Crippen LogP contribution is 2.40. The number of aliphatic hydroxyl groups is 2. The average molecular weight is 408 g/mol. The van der Waals surface area contributed by atoms with E-state index in [4.69, 9.17) is 9.47 Å². The summed E-state index contributed by atoms with van der Waals surface area (Å²) < 4.78 is 11.2. The predicted molar refractivity (Wildman–Crippen MR) is 109 cm³/mol. The summed E-state index contributed by atoms with van der Waals surface area (Å²) in [5.74, 6) is -0.345. The minimum atomic E-state index is -1.54. The molecule has 0 saturated carbocycles. The highest BCUT2D eigenvalue weighted by atomic mass is 32.2. The van der Waals surface area contributed by atoms with Crippen LogP contribution < -0.4 is 4.74 Å². The van der Waals surface area contributed by atoms with Crippen molar-refractivity contribution in [1.29, 1.82) is 0 Å². The molecule has 7 heteroatoms. The number of thioether (sulfide) groups is 1. The van der Waals surface area contributed by atoms with E-state index in [-0.39, 0.29) is 17.8 Å². The van der Waals surface area contributed by atoms with Gasteiger partial charge in [0.15, 0.2) is 5.79 Å². The Kier molecular flexibility index (Phi) is 7.04. The van der Waals surface area contributed by atoms with Crippen molar-refractivity contribution >= 4 is 17.0 Å². The molecule has 2 fully saturated rings. The van der Waals surface area contributed by atoms with Gasteiger partial charge in [0.2, 0.25) is 0 Å². The lowest BCUT2D eigenvalue weighted by molar-refractivity contribution is -0.292. The molecule has 0 radical (unpaired) electrons. The van der Waals surface area contributed by atoms with Gasteiger partial charge in [0.1, 0.15) is 5.75 Å². The molecule has 6 nitrogen and oxygen atoms in total. The van der Waals surface area contributed by atoms with E-state index >= 15 is 0 Å². The van der Waals surface area contributed by atoms with E-state index in [0.29, 0.717) is 18.7 Å². The molecule has 1 aromatic rings. The van der Waals surface area contributed by atoms with Crippen molar-refractivity contribution in [3.63, 3.8) is 0 Å². The second-order valence-electron chi connectivity index (χ2n) is 7.47. The Bertz CT molecular complexity index is 682. The van der Waals surface area contributed by atoms with Gasteiger partial charge < -0.3 is 24.6 Å². The van der Waals surface area contributed by atoms with Crippen molar-refractivity contribution in [2.75, 3.05) is 12.9 Å². The quantitative estimate of drug-likeness (QED) is 0.508. The fourth-order valence-corrected chi connectivity index (χ4v) is 5.02. The second-order valence-corrected chi connectivity index (χ2v) is 8.44. The zero-order valence-electron chi connectivity index (χ0n) is 16.3. The van der Waals surface area contributed by atoms with Crippen molar-refractivity contribution in [1.82, 2.24) is 4.90 Å². The number of hydrogen-bond acceptors (Lipinski definition) is 6. The number of hydrogen-bond donors (Lipinski definition) is 2. The number of methoxy groups -OCH3 is 1. The molecule has 2 aliphatic heterocycles. The van der Waals surface area contributed by atoms with E-state index in [1.54, 1.807) is 12.0 Å². The van der Waals surface area contributed by atoms with Crippen molar-refractivity contribution < 1.29 is 24.5 Å². The van der Waals surface area contributed by atoms with Crippen LogP contribution in [0, 0.1) is 0 Å². The van der Waals surface area contributed by atoms with E-state index in [1.165, 1.54) is 11.8 Å². The predicted octanol–water partition coefficient (Wildman–Crippen LogP) is 3.32. The summed E-state index contributed by atoms with van der Waals surface area (Å²) >= 11 is 1.18. The van der Waals surface area contributed by atoms with Crippen LogP contribution in [0.5, 0.6) is 5.75 Å². The van der Waals surface area contributed by atoms with Gasteiger partial charge in [-0.1, -0.05) is 30.0 Å². The van der Waals surface area contributed by atoms with Crippen LogP contribution in [0.15, 0.2) is 36.9 Å². The highest BCUT2D eigenvalue weighted by Gasteiger charge is 2.51. The number of rotatable bonds is 8. The van der Waals surface area contributed by atoms with Gasteiger partial charge in [-0.25, -0.2) is 0 Å². The maximum Gasteiger partial charge on any atom is 0.282 e. The molecule has 0 spiro atoms. The van der Waals surface area contributed by atoms with Crippen molar-refractivity contribution in [2.24, 2.45) is 0 Å². The highest BCUT2D eigenvalue weighted by molar-refractivity contribution is 8.13. The third kappa shape index (κ3) is 4.89. The minimum Gasteiger partial charge on any atom is -0.497 e. The van der Waals surface area contributed by atoms with Crippen LogP contribution in [-0.2, 0) is 11.3 Å². The van der Waals surface area contributed by atoms with Crippen LogP contribution in [0.3, 0.4) is 0 Å². The molecule has 0 bridgehead atoms. The molecule has 1 unspecified atom stereocenters. The molecule has 154 valence electrons. The van der Waals surface area contributed by atoms with Crippen LogP contribution >= 0.6 is 11.8 Å². The summed E-state index contributed by atoms with van der Waals surface area (Å²) in [5.41, 5.74) is 0.948. The van der Waals surface area contributed by atoms with Crippen LogP contribution in [0.2, 0.25) is 0 Å². The number of benzene rings is 1. The smallest absolute Gasteiger partial charge is 0.282 e. The lowest BCUT2D eigenvalue weighted by Crippen LogP contribution is -2.58. The molecule has 1 amide bonds. The lowest BCUT2D eigenvalue weighted by Gasteiger charge is -2.45. The molecular formula is C21H29NO5S. The van der Waals surface area contributed by atoms with Gasteiger partial charge in [-0.05, 0) is 43.4 Å². The molecule has 0 aliphatic carbocycles. The Morgan fingerprint density at radius 3 is 2.86 bits per heavy atom. The second kappa shape index (κ2) is 9.31. The van der Waals surface area contributed by atoms with Crippen molar-refractivity contribution in [3.8, 4) is 5.75 Å². The number of ether oxygens (including phenoxy) is 2. The number of unbranched alkanes of at least 4 members (excludes halogenated alkanes) is 1. The third-order valence-electron chi connectivity index (χ3n) is 5.38. The van der Waals surface area contributed by atoms with Gasteiger partial charge in [-0.3, -0.25) is 4.79 Å². The van der Waals surface area contributed by atoms with Crippen LogP contribution in [-0.4, -0.2) is 57.3 Å². The number of aliphatic hydroxyl groups excluding tert-OH is 1.